The lowest BCUT2D eigenvalue weighted by Gasteiger charge is -2.33. The van der Waals surface area contributed by atoms with Gasteiger partial charge in [0.1, 0.15) is 17.5 Å². The maximum Gasteiger partial charge on any atom is 0.335 e. The molecule has 0 bridgehead atoms. The molecule has 1 aromatic carbocycles. The van der Waals surface area contributed by atoms with Crippen LogP contribution in [0.4, 0.5) is 5.69 Å². The van der Waals surface area contributed by atoms with Crippen molar-refractivity contribution < 1.29 is 37.6 Å². The van der Waals surface area contributed by atoms with Crippen molar-refractivity contribution in [3.8, 4) is 0 Å². The fraction of sp³-hybridized carbons (Fsp3) is 0.526. The van der Waals surface area contributed by atoms with E-state index in [0.717, 1.165) is 0 Å². The Morgan fingerprint density at radius 1 is 1.27 bits per heavy atom. The summed E-state index contributed by atoms with van der Waals surface area (Å²) in [7, 11) is -4.07. The molecule has 1 aliphatic heterocycles. The molecule has 0 saturated carbocycles. The molecule has 30 heavy (non-hydrogen) atoms. The number of aliphatic hydroxyl groups is 2. The van der Waals surface area contributed by atoms with Gasteiger partial charge in [0.25, 0.3) is 0 Å². The number of carbonyl (C=O) groups is 1. The molecular formula is C19H24ClNO8S. The average Bonchev–Trinajstić information content (AvgIpc) is 3.06. The summed E-state index contributed by atoms with van der Waals surface area (Å²) in [6.07, 6.45) is -0.241. The number of halogens is 1. The Bertz CT molecular complexity index is 907. The van der Waals surface area contributed by atoms with Crippen molar-refractivity contribution in [3.63, 3.8) is 0 Å². The third-order valence-corrected chi connectivity index (χ3v) is 7.04. The summed E-state index contributed by atoms with van der Waals surface area (Å²) in [5.41, 5.74) is 0.0506. The molecule has 0 aromatic heterocycles. The second kappa shape index (κ2) is 9.21. The zero-order valence-corrected chi connectivity index (χ0v) is 17.9. The number of ether oxygens (including phenoxy) is 3. The van der Waals surface area contributed by atoms with Gasteiger partial charge in [-0.15, -0.1) is 0 Å². The number of hydrogen-bond acceptors (Lipinski definition) is 8. The van der Waals surface area contributed by atoms with Crippen LogP contribution in [0.2, 0.25) is 5.02 Å². The van der Waals surface area contributed by atoms with E-state index in [2.05, 4.69) is 4.72 Å². The summed E-state index contributed by atoms with van der Waals surface area (Å²) < 4.78 is 45.2. The highest BCUT2D eigenvalue weighted by Gasteiger charge is 2.51. The fourth-order valence-corrected chi connectivity index (χ4v) is 5.37. The summed E-state index contributed by atoms with van der Waals surface area (Å²) in [6, 6.07) is 6.35. The average molecular weight is 462 g/mol. The SMILES string of the molecule is CCOC(=O)C1=CC2(CCC1S(=O)(=O)Nc1ccccc1Cl)O[C@H](CO)[C@@H](CO)O2. The van der Waals surface area contributed by atoms with Gasteiger partial charge < -0.3 is 24.4 Å². The number of rotatable bonds is 7. The third-order valence-electron chi connectivity index (χ3n) is 4.97. The van der Waals surface area contributed by atoms with Crippen LogP contribution in [-0.2, 0) is 29.0 Å². The second-order valence-electron chi connectivity index (χ2n) is 6.96. The normalized spacial score (nSPS) is 25.7. The summed E-state index contributed by atoms with van der Waals surface area (Å²) in [4.78, 5) is 12.6. The highest BCUT2D eigenvalue weighted by Crippen LogP contribution is 2.41. The van der Waals surface area contributed by atoms with Gasteiger partial charge in [0.2, 0.25) is 10.0 Å². The van der Waals surface area contributed by atoms with Crippen LogP contribution >= 0.6 is 11.6 Å². The molecule has 1 unspecified atom stereocenters. The number of aliphatic hydroxyl groups excluding tert-OH is 2. The van der Waals surface area contributed by atoms with E-state index in [-0.39, 0.29) is 35.7 Å². The van der Waals surface area contributed by atoms with Crippen molar-refractivity contribution in [2.24, 2.45) is 0 Å². The summed E-state index contributed by atoms with van der Waals surface area (Å²) in [6.45, 7) is 0.861. The van der Waals surface area contributed by atoms with Crippen molar-refractivity contribution in [1.82, 2.24) is 0 Å². The van der Waals surface area contributed by atoms with Crippen LogP contribution in [0, 0.1) is 0 Å². The Morgan fingerprint density at radius 3 is 2.47 bits per heavy atom. The molecule has 166 valence electrons. The van der Waals surface area contributed by atoms with Gasteiger partial charge in [-0.1, -0.05) is 23.7 Å². The van der Waals surface area contributed by atoms with Crippen LogP contribution in [-0.4, -0.2) is 67.7 Å². The van der Waals surface area contributed by atoms with E-state index >= 15 is 0 Å². The number of esters is 1. The van der Waals surface area contributed by atoms with E-state index in [1.807, 2.05) is 0 Å². The molecule has 3 N–H and O–H groups in total. The van der Waals surface area contributed by atoms with Gasteiger partial charge in [0, 0.05) is 6.42 Å². The van der Waals surface area contributed by atoms with Crippen LogP contribution < -0.4 is 4.72 Å². The Kier molecular flexibility index (Phi) is 7.05. The first-order chi connectivity index (χ1) is 14.2. The van der Waals surface area contributed by atoms with E-state index in [1.165, 1.54) is 12.1 Å². The smallest absolute Gasteiger partial charge is 0.335 e. The minimum absolute atomic E-state index is 0.0132. The van der Waals surface area contributed by atoms with Gasteiger partial charge in [-0.25, -0.2) is 13.2 Å². The van der Waals surface area contributed by atoms with E-state index < -0.39 is 52.5 Å². The van der Waals surface area contributed by atoms with Crippen LogP contribution in [0.3, 0.4) is 0 Å². The minimum Gasteiger partial charge on any atom is -0.463 e. The van der Waals surface area contributed by atoms with Crippen molar-refractivity contribution in [1.29, 1.82) is 0 Å². The predicted molar refractivity (Wildman–Crippen MR) is 108 cm³/mol. The first-order valence-electron chi connectivity index (χ1n) is 9.48. The second-order valence-corrected chi connectivity index (χ2v) is 9.23. The Morgan fingerprint density at radius 2 is 1.90 bits per heavy atom. The lowest BCUT2D eigenvalue weighted by Crippen LogP contribution is -2.42. The highest BCUT2D eigenvalue weighted by molar-refractivity contribution is 7.93. The van der Waals surface area contributed by atoms with E-state index in [1.54, 1.807) is 25.1 Å². The largest absolute Gasteiger partial charge is 0.463 e. The summed E-state index contributed by atoms with van der Waals surface area (Å²) >= 11 is 6.06. The van der Waals surface area contributed by atoms with Crippen molar-refractivity contribution in [3.05, 3.63) is 40.9 Å². The number of hydrogen-bond donors (Lipinski definition) is 3. The van der Waals surface area contributed by atoms with Gasteiger partial charge in [-0.2, -0.15) is 0 Å². The zero-order valence-electron chi connectivity index (χ0n) is 16.3. The maximum absolute atomic E-state index is 13.1. The van der Waals surface area contributed by atoms with Gasteiger partial charge in [-0.05, 0) is 31.6 Å². The monoisotopic (exact) mass is 461 g/mol. The third kappa shape index (κ3) is 4.63. The van der Waals surface area contributed by atoms with E-state index in [0.29, 0.717) is 0 Å². The number of sulfonamides is 1. The first-order valence-corrected chi connectivity index (χ1v) is 11.4. The first kappa shape index (κ1) is 23.0. The highest BCUT2D eigenvalue weighted by atomic mass is 35.5. The molecule has 2 aliphatic rings. The zero-order chi connectivity index (χ0) is 21.9. The molecule has 11 heteroatoms. The molecule has 9 nitrogen and oxygen atoms in total. The van der Waals surface area contributed by atoms with Crippen LogP contribution in [0.5, 0.6) is 0 Å². The van der Waals surface area contributed by atoms with Gasteiger partial charge in [-0.3, -0.25) is 4.72 Å². The molecule has 1 aromatic rings. The number of benzene rings is 1. The molecule has 1 heterocycles. The van der Waals surface area contributed by atoms with E-state index in [4.69, 9.17) is 25.8 Å². The molecule has 1 aliphatic carbocycles. The predicted octanol–water partition coefficient (Wildman–Crippen LogP) is 1.20. The number of anilines is 1. The lowest BCUT2D eigenvalue weighted by atomic mass is 9.94. The lowest BCUT2D eigenvalue weighted by molar-refractivity contribution is -0.154. The Hall–Kier alpha value is -1.69. The molecule has 0 amide bonds. The maximum atomic E-state index is 13.1. The Balaban J connectivity index is 1.95. The van der Waals surface area contributed by atoms with Crippen molar-refractivity contribution in [2.75, 3.05) is 24.5 Å². The van der Waals surface area contributed by atoms with Crippen LogP contribution in [0.1, 0.15) is 19.8 Å². The fourth-order valence-electron chi connectivity index (χ4n) is 3.57. The molecular weight excluding hydrogens is 438 g/mol. The van der Waals surface area contributed by atoms with Crippen molar-refractivity contribution >= 4 is 33.3 Å². The van der Waals surface area contributed by atoms with Crippen molar-refractivity contribution in [2.45, 2.75) is 43.0 Å². The van der Waals surface area contributed by atoms with Gasteiger partial charge in [0.15, 0.2) is 5.79 Å². The molecule has 1 saturated heterocycles. The van der Waals surface area contributed by atoms with Crippen LogP contribution in [0.25, 0.3) is 0 Å². The van der Waals surface area contributed by atoms with E-state index in [9.17, 15) is 23.4 Å². The topological polar surface area (TPSA) is 131 Å². The standard InChI is InChI=1S/C19H24ClNO8S/c1-2-27-18(24)12-9-19(28-15(10-22)16(11-23)29-19)8-7-17(12)30(25,26)21-14-6-4-3-5-13(14)20/h3-6,9,15-17,21-23H,2,7-8,10-11H2,1H3/t15-,16-,17?/m1/s1. The molecule has 3 rings (SSSR count). The molecule has 1 fully saturated rings. The quantitative estimate of drug-likeness (QED) is 0.516. The molecule has 1 spiro atoms. The molecule has 0 radical (unpaired) electrons. The van der Waals surface area contributed by atoms with Gasteiger partial charge in [0.05, 0.1) is 36.1 Å². The molecule has 3 atom stereocenters. The van der Waals surface area contributed by atoms with Gasteiger partial charge >= 0.3 is 5.97 Å². The Labute approximate surface area is 179 Å². The number of para-hydroxylation sites is 1. The number of carbonyl (C=O) groups excluding carboxylic acids is 1. The van der Waals surface area contributed by atoms with Crippen LogP contribution in [0.15, 0.2) is 35.9 Å². The minimum atomic E-state index is -4.07. The summed E-state index contributed by atoms with van der Waals surface area (Å²) in [5.74, 6) is -2.24. The summed E-state index contributed by atoms with van der Waals surface area (Å²) in [5, 5.41) is 17.9. The number of nitrogens with one attached hydrogen (secondary N) is 1.